The van der Waals surface area contributed by atoms with Gasteiger partial charge in [-0.25, -0.2) is 0 Å². The summed E-state index contributed by atoms with van der Waals surface area (Å²) in [6, 6.07) is 33.0. The molecular formula is C32H18N2O2. The number of benzene rings is 4. The Hall–Kier alpha value is -4.96. The molecule has 0 saturated carbocycles. The molecule has 0 spiro atoms. The maximum atomic E-state index is 6.31. The molecule has 4 aromatic carbocycles. The number of furan rings is 2. The Bertz CT molecular complexity index is 1960. The van der Waals surface area contributed by atoms with Gasteiger partial charge >= 0.3 is 0 Å². The molecule has 0 amide bonds. The van der Waals surface area contributed by atoms with E-state index in [0.29, 0.717) is 0 Å². The third kappa shape index (κ3) is 2.64. The van der Waals surface area contributed by atoms with Crippen LogP contribution < -0.4 is 0 Å². The summed E-state index contributed by atoms with van der Waals surface area (Å²) in [5.41, 5.74) is 9.34. The smallest absolute Gasteiger partial charge is 0.161 e. The maximum absolute atomic E-state index is 6.31. The molecule has 8 rings (SSSR count). The van der Waals surface area contributed by atoms with Crippen molar-refractivity contribution < 1.29 is 8.83 Å². The Labute approximate surface area is 205 Å². The average Bonchev–Trinajstić information content (AvgIpc) is 3.51. The molecule has 8 aromatic rings. The van der Waals surface area contributed by atoms with Gasteiger partial charge in [-0.05, 0) is 58.3 Å². The van der Waals surface area contributed by atoms with Crippen LogP contribution in [0.1, 0.15) is 0 Å². The molecule has 0 aliphatic carbocycles. The van der Waals surface area contributed by atoms with E-state index in [9.17, 15) is 0 Å². The van der Waals surface area contributed by atoms with Crippen LogP contribution in [0.4, 0.5) is 0 Å². The molecule has 0 radical (unpaired) electrons. The highest BCUT2D eigenvalue weighted by molar-refractivity contribution is 6.15. The molecule has 0 N–H and O–H groups in total. The first kappa shape index (κ1) is 19.4. The van der Waals surface area contributed by atoms with E-state index in [1.807, 2.05) is 60.9 Å². The van der Waals surface area contributed by atoms with E-state index in [0.717, 1.165) is 77.2 Å². The summed E-state index contributed by atoms with van der Waals surface area (Å²) >= 11 is 0. The molecular weight excluding hydrogens is 444 g/mol. The second-order valence-corrected chi connectivity index (χ2v) is 8.98. The van der Waals surface area contributed by atoms with Gasteiger partial charge < -0.3 is 8.83 Å². The van der Waals surface area contributed by atoms with E-state index in [-0.39, 0.29) is 0 Å². The summed E-state index contributed by atoms with van der Waals surface area (Å²) in [6.45, 7) is 0. The number of fused-ring (bicyclic) bond motifs is 7. The average molecular weight is 463 g/mol. The van der Waals surface area contributed by atoms with Crippen LogP contribution >= 0.6 is 0 Å². The second-order valence-electron chi connectivity index (χ2n) is 8.98. The predicted molar refractivity (Wildman–Crippen MR) is 145 cm³/mol. The predicted octanol–water partition coefficient (Wildman–Crippen LogP) is 8.76. The van der Waals surface area contributed by atoms with E-state index in [1.54, 1.807) is 0 Å². The fraction of sp³-hybridized carbons (Fsp3) is 0. The molecule has 0 aliphatic rings. The van der Waals surface area contributed by atoms with Gasteiger partial charge in [-0.1, -0.05) is 60.7 Å². The van der Waals surface area contributed by atoms with Crippen molar-refractivity contribution in [3.63, 3.8) is 0 Å². The molecule has 168 valence electrons. The minimum Gasteiger partial charge on any atom is -0.454 e. The molecule has 36 heavy (non-hydrogen) atoms. The molecule has 0 fully saturated rings. The standard InChI is InChI=1S/C32H18N2O2/c1-2-8-20-19(7-1)21(23-15-17-33-29-25-9-3-5-11-27(25)35-31(23)29)13-14-22(20)24-16-18-34-30-26-10-4-6-12-28(26)36-32(24)30/h1-18H. The van der Waals surface area contributed by atoms with E-state index in [4.69, 9.17) is 8.83 Å². The van der Waals surface area contributed by atoms with E-state index in [2.05, 4.69) is 58.5 Å². The summed E-state index contributed by atoms with van der Waals surface area (Å²) in [6.07, 6.45) is 3.73. The number of hydrogen-bond acceptors (Lipinski definition) is 4. The molecule has 4 heterocycles. The topological polar surface area (TPSA) is 52.1 Å². The first-order valence-corrected chi connectivity index (χ1v) is 11.9. The minimum absolute atomic E-state index is 0.806. The van der Waals surface area contributed by atoms with E-state index < -0.39 is 0 Å². The maximum Gasteiger partial charge on any atom is 0.161 e. The highest BCUT2D eigenvalue weighted by Gasteiger charge is 2.18. The number of pyridine rings is 2. The Kier molecular flexibility index (Phi) is 3.91. The van der Waals surface area contributed by atoms with Crippen LogP contribution in [0.5, 0.6) is 0 Å². The van der Waals surface area contributed by atoms with Crippen LogP contribution in [0, 0.1) is 0 Å². The lowest BCUT2D eigenvalue weighted by Gasteiger charge is -2.12. The third-order valence-corrected chi connectivity index (χ3v) is 7.02. The van der Waals surface area contributed by atoms with E-state index >= 15 is 0 Å². The van der Waals surface area contributed by atoms with Gasteiger partial charge in [0.05, 0.1) is 0 Å². The van der Waals surface area contributed by atoms with Crippen molar-refractivity contribution in [2.75, 3.05) is 0 Å². The van der Waals surface area contributed by atoms with Crippen LogP contribution in [0.2, 0.25) is 0 Å². The summed E-state index contributed by atoms with van der Waals surface area (Å²) in [4.78, 5) is 9.29. The van der Waals surface area contributed by atoms with E-state index in [1.165, 1.54) is 0 Å². The molecule has 0 unspecified atom stereocenters. The van der Waals surface area contributed by atoms with Crippen molar-refractivity contribution in [3.8, 4) is 22.3 Å². The Balaban J connectivity index is 1.42. The summed E-state index contributed by atoms with van der Waals surface area (Å²) in [5, 5.41) is 4.34. The molecule has 0 aliphatic heterocycles. The summed E-state index contributed by atoms with van der Waals surface area (Å²) in [5.74, 6) is 0. The van der Waals surface area contributed by atoms with Gasteiger partial charge in [0, 0.05) is 34.3 Å². The monoisotopic (exact) mass is 462 g/mol. The van der Waals surface area contributed by atoms with Crippen LogP contribution in [-0.4, -0.2) is 9.97 Å². The number of rotatable bonds is 2. The normalized spacial score (nSPS) is 11.9. The van der Waals surface area contributed by atoms with Crippen molar-refractivity contribution >= 4 is 54.9 Å². The quantitative estimate of drug-likeness (QED) is 0.258. The van der Waals surface area contributed by atoms with Gasteiger partial charge in [0.25, 0.3) is 0 Å². The molecule has 4 nitrogen and oxygen atoms in total. The van der Waals surface area contributed by atoms with Crippen LogP contribution in [-0.2, 0) is 0 Å². The van der Waals surface area contributed by atoms with Crippen molar-refractivity contribution in [2.45, 2.75) is 0 Å². The lowest BCUT2D eigenvalue weighted by Crippen LogP contribution is -1.88. The largest absolute Gasteiger partial charge is 0.454 e. The Morgan fingerprint density at radius 3 is 1.28 bits per heavy atom. The summed E-state index contributed by atoms with van der Waals surface area (Å²) in [7, 11) is 0. The Morgan fingerprint density at radius 2 is 0.806 bits per heavy atom. The van der Waals surface area contributed by atoms with Gasteiger partial charge in [-0.15, -0.1) is 0 Å². The molecule has 0 atom stereocenters. The zero-order chi connectivity index (χ0) is 23.6. The Morgan fingerprint density at radius 1 is 0.389 bits per heavy atom. The van der Waals surface area contributed by atoms with Gasteiger partial charge in [-0.3, -0.25) is 9.97 Å². The first-order valence-electron chi connectivity index (χ1n) is 11.9. The number of aromatic nitrogens is 2. The van der Waals surface area contributed by atoms with Crippen molar-refractivity contribution in [1.29, 1.82) is 0 Å². The highest BCUT2D eigenvalue weighted by Crippen LogP contribution is 2.42. The fourth-order valence-electron chi connectivity index (χ4n) is 5.40. The number of hydrogen-bond donors (Lipinski definition) is 0. The lowest BCUT2D eigenvalue weighted by atomic mass is 9.92. The van der Waals surface area contributed by atoms with Gasteiger partial charge in [0.15, 0.2) is 11.2 Å². The third-order valence-electron chi connectivity index (χ3n) is 7.02. The van der Waals surface area contributed by atoms with Gasteiger partial charge in [0.2, 0.25) is 0 Å². The van der Waals surface area contributed by atoms with Gasteiger partial charge in [0.1, 0.15) is 22.2 Å². The van der Waals surface area contributed by atoms with Gasteiger partial charge in [-0.2, -0.15) is 0 Å². The molecule has 4 aromatic heterocycles. The van der Waals surface area contributed by atoms with Crippen molar-refractivity contribution in [2.24, 2.45) is 0 Å². The van der Waals surface area contributed by atoms with Crippen LogP contribution in [0.25, 0.3) is 77.2 Å². The zero-order valence-electron chi connectivity index (χ0n) is 19.1. The van der Waals surface area contributed by atoms with Crippen molar-refractivity contribution in [3.05, 3.63) is 109 Å². The number of nitrogens with zero attached hydrogens (tertiary/aromatic N) is 2. The van der Waals surface area contributed by atoms with Crippen molar-refractivity contribution in [1.82, 2.24) is 9.97 Å². The fourth-order valence-corrected chi connectivity index (χ4v) is 5.40. The summed E-state index contributed by atoms with van der Waals surface area (Å²) < 4.78 is 12.6. The molecule has 4 heteroatoms. The molecule has 0 bridgehead atoms. The highest BCUT2D eigenvalue weighted by atomic mass is 16.3. The second kappa shape index (κ2) is 7.27. The SMILES string of the molecule is c1ccc2c(c1)oc1c(-c3ccc(-c4ccnc5c4oc4ccccc45)c4ccccc34)ccnc12. The zero-order valence-corrected chi connectivity index (χ0v) is 19.1. The number of para-hydroxylation sites is 2. The lowest BCUT2D eigenvalue weighted by molar-refractivity contribution is 0.669. The first-order chi connectivity index (χ1) is 17.9. The molecule has 0 saturated heterocycles. The minimum atomic E-state index is 0.806. The van der Waals surface area contributed by atoms with Crippen LogP contribution in [0.3, 0.4) is 0 Å². The van der Waals surface area contributed by atoms with Crippen LogP contribution in [0.15, 0.2) is 118 Å².